The molecule has 0 atom stereocenters. The maximum absolute atomic E-state index is 5.61. The Kier molecular flexibility index (Phi) is 5.16. The molecular formula is C13H11HoO-. The van der Waals surface area contributed by atoms with E-state index in [4.69, 9.17) is 4.74 Å². The van der Waals surface area contributed by atoms with E-state index in [1.165, 1.54) is 5.56 Å². The summed E-state index contributed by atoms with van der Waals surface area (Å²) in [4.78, 5) is 0. The summed E-state index contributed by atoms with van der Waals surface area (Å²) in [7, 11) is 0. The second-order valence-corrected chi connectivity index (χ2v) is 3.15. The van der Waals surface area contributed by atoms with Gasteiger partial charge in [-0.3, -0.25) is 0 Å². The molecule has 0 spiro atoms. The summed E-state index contributed by atoms with van der Waals surface area (Å²) in [6.07, 6.45) is 0. The van der Waals surface area contributed by atoms with Crippen LogP contribution in [0.15, 0.2) is 48.5 Å². The molecule has 0 N–H and O–H groups in total. The normalized spacial score (nSPS) is 9.13. The van der Waals surface area contributed by atoms with Crippen LogP contribution in [0, 0.1) is 50.7 Å². The molecule has 2 rings (SSSR count). The van der Waals surface area contributed by atoms with Crippen molar-refractivity contribution in [3.63, 3.8) is 0 Å². The molecule has 1 nitrogen and oxygen atoms in total. The molecule has 0 saturated heterocycles. The molecule has 0 saturated carbocycles. The zero-order chi connectivity index (χ0) is 9.80. The van der Waals surface area contributed by atoms with E-state index >= 15 is 0 Å². The van der Waals surface area contributed by atoms with Gasteiger partial charge in [0.2, 0.25) is 0 Å². The van der Waals surface area contributed by atoms with E-state index in [1.807, 2.05) is 48.5 Å². The molecular weight excluding hydrogens is 337 g/mol. The van der Waals surface area contributed by atoms with Crippen LogP contribution in [0.5, 0.6) is 11.5 Å². The second kappa shape index (κ2) is 6.16. The molecule has 0 unspecified atom stereocenters. The molecule has 2 heteroatoms. The molecule has 81 valence electrons. The molecule has 0 amide bonds. The van der Waals surface area contributed by atoms with E-state index < -0.39 is 0 Å². The average Bonchev–Trinajstić information content (AvgIpc) is 2.23. The maximum Gasteiger partial charge on any atom is 0.124 e. The summed E-state index contributed by atoms with van der Waals surface area (Å²) >= 11 is 0. The summed E-state index contributed by atoms with van der Waals surface area (Å²) < 4.78 is 5.61. The number of benzene rings is 2. The molecule has 0 bridgehead atoms. The molecule has 2 aromatic carbocycles. The van der Waals surface area contributed by atoms with Crippen LogP contribution in [0.1, 0.15) is 5.56 Å². The number of ether oxygens (including phenoxy) is 1. The van der Waals surface area contributed by atoms with Gasteiger partial charge >= 0.3 is 0 Å². The van der Waals surface area contributed by atoms with E-state index in [1.54, 1.807) is 0 Å². The minimum absolute atomic E-state index is 0. The van der Waals surface area contributed by atoms with E-state index in [9.17, 15) is 0 Å². The van der Waals surface area contributed by atoms with Crippen LogP contribution >= 0.6 is 0 Å². The Balaban J connectivity index is 0.00000112. The van der Waals surface area contributed by atoms with Crippen molar-refractivity contribution >= 4 is 0 Å². The van der Waals surface area contributed by atoms with E-state index in [0.29, 0.717) is 0 Å². The fourth-order valence-corrected chi connectivity index (χ4v) is 1.18. The van der Waals surface area contributed by atoms with Gasteiger partial charge in [0.15, 0.2) is 0 Å². The molecule has 2 aromatic rings. The summed E-state index contributed by atoms with van der Waals surface area (Å²) in [5.74, 6) is 1.70. The summed E-state index contributed by atoms with van der Waals surface area (Å²) in [5.41, 5.74) is 1.23. The number of aryl methyl sites for hydroxylation is 1. The van der Waals surface area contributed by atoms with Gasteiger partial charge in [0.25, 0.3) is 0 Å². The van der Waals surface area contributed by atoms with Crippen molar-refractivity contribution in [3.05, 3.63) is 60.2 Å². The minimum Gasteiger partial charge on any atom is -0.483 e. The molecule has 0 fully saturated rings. The zero-order valence-electron chi connectivity index (χ0n) is 8.33. The third-order valence-electron chi connectivity index (χ3n) is 1.94. The molecule has 0 aliphatic rings. The molecule has 0 aliphatic carbocycles. The third-order valence-corrected chi connectivity index (χ3v) is 1.94. The monoisotopic (exact) mass is 348 g/mol. The summed E-state index contributed by atoms with van der Waals surface area (Å²) in [5, 5.41) is 0. The Hall–Kier alpha value is -0.500. The Morgan fingerprint density at radius 1 is 0.867 bits per heavy atom. The van der Waals surface area contributed by atoms with Gasteiger partial charge in [0.05, 0.1) is 0 Å². The minimum atomic E-state index is 0. The Labute approximate surface area is 120 Å². The quantitative estimate of drug-likeness (QED) is 0.595. The van der Waals surface area contributed by atoms with Crippen molar-refractivity contribution in [2.75, 3.05) is 0 Å². The van der Waals surface area contributed by atoms with Crippen LogP contribution in [-0.2, 0) is 0 Å². The molecule has 15 heavy (non-hydrogen) atoms. The van der Waals surface area contributed by atoms with Gasteiger partial charge in [-0.1, -0.05) is 17.7 Å². The number of hydrogen-bond acceptors (Lipinski definition) is 1. The van der Waals surface area contributed by atoms with E-state index in [0.717, 1.165) is 11.5 Å². The standard InChI is InChI=1S/C13H11O.Ho/c1-11-7-9-13(10-8-11)14-12-5-3-2-4-6-12;/h3-10H,1H3;/q-1;. The third kappa shape index (κ3) is 3.86. The Bertz CT molecular complexity index is 395. The first-order valence-corrected chi connectivity index (χ1v) is 4.55. The first-order chi connectivity index (χ1) is 6.84. The van der Waals surface area contributed by atoms with Crippen LogP contribution in [0.2, 0.25) is 0 Å². The van der Waals surface area contributed by atoms with Crippen molar-refractivity contribution in [2.24, 2.45) is 0 Å². The topological polar surface area (TPSA) is 9.23 Å². The van der Waals surface area contributed by atoms with Gasteiger partial charge in [-0.05, 0) is 19.1 Å². The van der Waals surface area contributed by atoms with Crippen molar-refractivity contribution < 1.29 is 42.5 Å². The summed E-state index contributed by atoms with van der Waals surface area (Å²) in [6.45, 7) is 2.06. The van der Waals surface area contributed by atoms with Crippen LogP contribution in [0.4, 0.5) is 0 Å². The van der Waals surface area contributed by atoms with Crippen molar-refractivity contribution in [1.29, 1.82) is 0 Å². The second-order valence-electron chi connectivity index (χ2n) is 3.15. The molecule has 0 heterocycles. The predicted molar refractivity (Wildman–Crippen MR) is 56.5 cm³/mol. The Morgan fingerprint density at radius 2 is 1.40 bits per heavy atom. The van der Waals surface area contributed by atoms with Crippen molar-refractivity contribution in [2.45, 2.75) is 6.92 Å². The van der Waals surface area contributed by atoms with Gasteiger partial charge in [0, 0.05) is 43.5 Å². The van der Waals surface area contributed by atoms with Gasteiger partial charge in [-0.15, -0.1) is 12.1 Å². The van der Waals surface area contributed by atoms with E-state index in [-0.39, 0.29) is 37.7 Å². The average molecular weight is 348 g/mol. The molecule has 0 aliphatic heterocycles. The van der Waals surface area contributed by atoms with Gasteiger partial charge in [0.1, 0.15) is 5.75 Å². The van der Waals surface area contributed by atoms with E-state index in [2.05, 4.69) is 13.0 Å². The predicted octanol–water partition coefficient (Wildman–Crippen LogP) is 3.59. The summed E-state index contributed by atoms with van der Waals surface area (Å²) in [6, 6.07) is 18.4. The molecule has 1 radical (unpaired) electrons. The van der Waals surface area contributed by atoms with Gasteiger partial charge in [-0.25, -0.2) is 0 Å². The van der Waals surface area contributed by atoms with Crippen LogP contribution < -0.4 is 4.74 Å². The first-order valence-electron chi connectivity index (χ1n) is 4.55. The van der Waals surface area contributed by atoms with Gasteiger partial charge in [-0.2, -0.15) is 18.2 Å². The number of hydrogen-bond donors (Lipinski definition) is 0. The van der Waals surface area contributed by atoms with Crippen LogP contribution in [0.3, 0.4) is 0 Å². The zero-order valence-corrected chi connectivity index (χ0v) is 10.3. The SMILES string of the molecule is Cc1ccc(Oc2cc[c-]cc2)cc1.[Ho]. The van der Waals surface area contributed by atoms with Crippen LogP contribution in [0.25, 0.3) is 0 Å². The van der Waals surface area contributed by atoms with Crippen molar-refractivity contribution in [3.8, 4) is 11.5 Å². The van der Waals surface area contributed by atoms with Gasteiger partial charge < -0.3 is 4.74 Å². The fraction of sp³-hybridized carbons (Fsp3) is 0.0769. The van der Waals surface area contributed by atoms with Crippen LogP contribution in [-0.4, -0.2) is 0 Å². The maximum atomic E-state index is 5.61. The number of rotatable bonds is 2. The molecule has 0 aromatic heterocycles. The first kappa shape index (κ1) is 12.6. The van der Waals surface area contributed by atoms with Crippen molar-refractivity contribution in [1.82, 2.24) is 0 Å². The fourth-order valence-electron chi connectivity index (χ4n) is 1.18. The Morgan fingerprint density at radius 3 is 2.00 bits per heavy atom. The largest absolute Gasteiger partial charge is 0.483 e. The smallest absolute Gasteiger partial charge is 0.124 e.